The van der Waals surface area contributed by atoms with E-state index in [1.54, 1.807) is 0 Å². The fourth-order valence-corrected chi connectivity index (χ4v) is 1.38. The van der Waals surface area contributed by atoms with Gasteiger partial charge >= 0.3 is 0 Å². The molecule has 0 aliphatic rings. The molecule has 0 fully saturated rings. The van der Waals surface area contributed by atoms with E-state index < -0.39 is 4.92 Å². The minimum atomic E-state index is -0.552. The smallest absolute Gasteiger partial charge is 0.294 e. The SMILES string of the molecule is Nc1cc2nc(Cl)[nH]c2cc1[N+](=O)[O-]. The number of anilines is 1. The fourth-order valence-electron chi connectivity index (χ4n) is 1.19. The number of nitro groups is 1. The summed E-state index contributed by atoms with van der Waals surface area (Å²) in [5, 5.41) is 10.7. The van der Waals surface area contributed by atoms with E-state index in [1.807, 2.05) is 0 Å². The number of imidazole rings is 1. The number of nitro benzene ring substituents is 1. The quantitative estimate of drug-likeness (QED) is 0.427. The molecule has 0 bridgehead atoms. The summed E-state index contributed by atoms with van der Waals surface area (Å²) in [6.45, 7) is 0. The minimum absolute atomic E-state index is 0.0747. The molecule has 0 saturated heterocycles. The van der Waals surface area contributed by atoms with Gasteiger partial charge in [-0.15, -0.1) is 0 Å². The van der Waals surface area contributed by atoms with E-state index in [1.165, 1.54) is 12.1 Å². The fraction of sp³-hybridized carbons (Fsp3) is 0. The molecule has 1 heterocycles. The first-order valence-corrected chi connectivity index (χ1v) is 4.05. The number of nitrogens with zero attached hydrogens (tertiary/aromatic N) is 2. The van der Waals surface area contributed by atoms with Crippen molar-refractivity contribution >= 4 is 34.0 Å². The van der Waals surface area contributed by atoms with Gasteiger partial charge in [0.1, 0.15) is 5.69 Å². The Labute approximate surface area is 82.8 Å². The van der Waals surface area contributed by atoms with Crippen LogP contribution in [0.3, 0.4) is 0 Å². The molecule has 1 aromatic carbocycles. The lowest BCUT2D eigenvalue weighted by molar-refractivity contribution is -0.383. The van der Waals surface area contributed by atoms with Crippen molar-refractivity contribution in [1.29, 1.82) is 0 Å². The average molecular weight is 213 g/mol. The summed E-state index contributed by atoms with van der Waals surface area (Å²) in [5.74, 6) is 0. The Kier molecular flexibility index (Phi) is 1.78. The van der Waals surface area contributed by atoms with Crippen LogP contribution in [0.15, 0.2) is 12.1 Å². The van der Waals surface area contributed by atoms with Gasteiger partial charge < -0.3 is 10.7 Å². The number of hydrogen-bond acceptors (Lipinski definition) is 4. The van der Waals surface area contributed by atoms with E-state index in [9.17, 15) is 10.1 Å². The molecule has 6 nitrogen and oxygen atoms in total. The Morgan fingerprint density at radius 2 is 2.29 bits per heavy atom. The first-order chi connectivity index (χ1) is 6.58. The molecule has 72 valence electrons. The van der Waals surface area contributed by atoms with Crippen LogP contribution in [-0.2, 0) is 0 Å². The van der Waals surface area contributed by atoms with Crippen molar-refractivity contribution in [2.45, 2.75) is 0 Å². The van der Waals surface area contributed by atoms with Crippen LogP contribution >= 0.6 is 11.6 Å². The maximum Gasteiger partial charge on any atom is 0.294 e. The van der Waals surface area contributed by atoms with Crippen molar-refractivity contribution in [3.05, 3.63) is 27.5 Å². The highest BCUT2D eigenvalue weighted by molar-refractivity contribution is 6.29. The predicted molar refractivity (Wildman–Crippen MR) is 52.2 cm³/mol. The van der Waals surface area contributed by atoms with Crippen molar-refractivity contribution in [2.24, 2.45) is 0 Å². The van der Waals surface area contributed by atoms with Gasteiger partial charge in [-0.25, -0.2) is 4.98 Å². The lowest BCUT2D eigenvalue weighted by atomic mass is 10.2. The zero-order chi connectivity index (χ0) is 10.3. The Morgan fingerprint density at radius 3 is 2.93 bits per heavy atom. The first-order valence-electron chi connectivity index (χ1n) is 3.67. The second-order valence-electron chi connectivity index (χ2n) is 2.71. The normalized spacial score (nSPS) is 10.6. The van der Waals surface area contributed by atoms with Gasteiger partial charge in [-0.2, -0.15) is 0 Å². The van der Waals surface area contributed by atoms with Crippen LogP contribution in [0.4, 0.5) is 11.4 Å². The number of aromatic nitrogens is 2. The summed E-state index contributed by atoms with van der Waals surface area (Å²) < 4.78 is 0. The molecule has 0 spiro atoms. The summed E-state index contributed by atoms with van der Waals surface area (Å²) in [5.41, 5.74) is 6.39. The average Bonchev–Trinajstić information content (AvgIpc) is 2.42. The second-order valence-corrected chi connectivity index (χ2v) is 3.07. The molecule has 0 radical (unpaired) electrons. The summed E-state index contributed by atoms with van der Waals surface area (Å²) in [6.07, 6.45) is 0. The monoisotopic (exact) mass is 212 g/mol. The second kappa shape index (κ2) is 2.85. The van der Waals surface area contributed by atoms with Crippen molar-refractivity contribution in [3.8, 4) is 0 Å². The Hall–Kier alpha value is -1.82. The molecule has 0 unspecified atom stereocenters. The minimum Gasteiger partial charge on any atom is -0.393 e. The van der Waals surface area contributed by atoms with Crippen LogP contribution in [-0.4, -0.2) is 14.9 Å². The number of nitrogen functional groups attached to an aromatic ring is 1. The number of aromatic amines is 1. The standard InChI is InChI=1S/C7H5ClN4O2/c8-7-10-4-1-3(9)6(12(13)14)2-5(4)11-7/h1-2H,9H2,(H,10,11). The van der Waals surface area contributed by atoms with E-state index in [0.717, 1.165) is 0 Å². The van der Waals surface area contributed by atoms with E-state index in [-0.39, 0.29) is 16.7 Å². The molecule has 0 saturated carbocycles. The number of benzene rings is 1. The highest BCUT2D eigenvalue weighted by Crippen LogP contribution is 2.27. The maximum absolute atomic E-state index is 10.5. The number of hydrogen-bond donors (Lipinski definition) is 2. The third kappa shape index (κ3) is 1.25. The van der Waals surface area contributed by atoms with Crippen LogP contribution < -0.4 is 5.73 Å². The van der Waals surface area contributed by atoms with Crippen molar-refractivity contribution < 1.29 is 4.92 Å². The highest BCUT2D eigenvalue weighted by atomic mass is 35.5. The number of nitrogens with two attached hydrogens (primary N) is 1. The van der Waals surface area contributed by atoms with Gasteiger partial charge in [0.05, 0.1) is 16.0 Å². The largest absolute Gasteiger partial charge is 0.393 e. The molecule has 0 atom stereocenters. The Bertz CT molecular complexity index is 522. The lowest BCUT2D eigenvalue weighted by Gasteiger charge is -1.95. The molecular weight excluding hydrogens is 208 g/mol. The van der Waals surface area contributed by atoms with Gasteiger partial charge in [-0.05, 0) is 17.7 Å². The highest BCUT2D eigenvalue weighted by Gasteiger charge is 2.14. The Morgan fingerprint density at radius 1 is 1.57 bits per heavy atom. The third-order valence-corrected chi connectivity index (χ3v) is 1.98. The predicted octanol–water partition coefficient (Wildman–Crippen LogP) is 1.71. The van der Waals surface area contributed by atoms with Gasteiger partial charge in [-0.3, -0.25) is 10.1 Å². The zero-order valence-corrected chi connectivity index (χ0v) is 7.58. The number of rotatable bonds is 1. The molecule has 14 heavy (non-hydrogen) atoms. The molecule has 0 aliphatic carbocycles. The van der Waals surface area contributed by atoms with Crippen LogP contribution in [0.1, 0.15) is 0 Å². The van der Waals surface area contributed by atoms with Crippen molar-refractivity contribution in [2.75, 3.05) is 5.73 Å². The van der Waals surface area contributed by atoms with E-state index >= 15 is 0 Å². The summed E-state index contributed by atoms with van der Waals surface area (Å²) >= 11 is 5.59. The van der Waals surface area contributed by atoms with E-state index in [0.29, 0.717) is 11.0 Å². The molecule has 0 amide bonds. The molecule has 2 aromatic rings. The van der Waals surface area contributed by atoms with E-state index in [4.69, 9.17) is 17.3 Å². The topological polar surface area (TPSA) is 97.8 Å². The molecular formula is C7H5ClN4O2. The zero-order valence-electron chi connectivity index (χ0n) is 6.82. The number of H-pyrrole nitrogens is 1. The van der Waals surface area contributed by atoms with Gasteiger partial charge in [0.25, 0.3) is 5.69 Å². The van der Waals surface area contributed by atoms with Crippen LogP contribution in [0, 0.1) is 10.1 Å². The molecule has 2 rings (SSSR count). The lowest BCUT2D eigenvalue weighted by Crippen LogP contribution is -1.95. The third-order valence-electron chi connectivity index (χ3n) is 1.80. The van der Waals surface area contributed by atoms with Crippen LogP contribution in [0.2, 0.25) is 5.28 Å². The van der Waals surface area contributed by atoms with Gasteiger partial charge in [-0.1, -0.05) is 0 Å². The van der Waals surface area contributed by atoms with Gasteiger partial charge in [0.15, 0.2) is 0 Å². The van der Waals surface area contributed by atoms with Gasteiger partial charge in [0, 0.05) is 6.07 Å². The maximum atomic E-state index is 10.5. The van der Waals surface area contributed by atoms with Crippen molar-refractivity contribution in [1.82, 2.24) is 9.97 Å². The van der Waals surface area contributed by atoms with E-state index in [2.05, 4.69) is 9.97 Å². The number of fused-ring (bicyclic) bond motifs is 1. The van der Waals surface area contributed by atoms with Gasteiger partial charge in [0.2, 0.25) is 5.28 Å². The first kappa shape index (κ1) is 8.76. The molecule has 1 aromatic heterocycles. The molecule has 7 heteroatoms. The molecule has 0 aliphatic heterocycles. The Balaban J connectivity index is 2.76. The summed E-state index contributed by atoms with van der Waals surface area (Å²) in [6, 6.07) is 2.72. The summed E-state index contributed by atoms with van der Waals surface area (Å²) in [4.78, 5) is 16.5. The number of halogens is 1. The number of nitrogens with one attached hydrogen (secondary N) is 1. The summed E-state index contributed by atoms with van der Waals surface area (Å²) in [7, 11) is 0. The van der Waals surface area contributed by atoms with Crippen molar-refractivity contribution in [3.63, 3.8) is 0 Å². The van der Waals surface area contributed by atoms with Crippen LogP contribution in [0.25, 0.3) is 11.0 Å². The molecule has 3 N–H and O–H groups in total. The van der Waals surface area contributed by atoms with Crippen LogP contribution in [0.5, 0.6) is 0 Å².